The number of nitrogens with one attached hydrogen (secondary N) is 1. The van der Waals surface area contributed by atoms with Crippen LogP contribution in [0.15, 0.2) is 16.5 Å². The van der Waals surface area contributed by atoms with Crippen LogP contribution in [-0.2, 0) is 11.3 Å². The smallest absolute Gasteiger partial charge is 0.408 e. The summed E-state index contributed by atoms with van der Waals surface area (Å²) >= 11 is 0. The fraction of sp³-hybridized carbons (Fsp3) is 0.533. The zero-order chi connectivity index (χ0) is 15.4. The van der Waals surface area contributed by atoms with Gasteiger partial charge in [0.25, 0.3) is 0 Å². The number of alkyl carbamates (subject to hydrolysis) is 1. The first-order valence-electron chi connectivity index (χ1n) is 6.64. The second-order valence-electron chi connectivity index (χ2n) is 6.62. The van der Waals surface area contributed by atoms with E-state index >= 15 is 0 Å². The maximum atomic E-state index is 11.5. The van der Waals surface area contributed by atoms with Crippen LogP contribution in [-0.4, -0.2) is 19.8 Å². The Morgan fingerprint density at radius 1 is 1.35 bits per heavy atom. The predicted molar refractivity (Wildman–Crippen MR) is 82.0 cm³/mol. The monoisotopic (exact) mass is 293 g/mol. The Morgan fingerprint density at radius 3 is 2.55 bits per heavy atom. The van der Waals surface area contributed by atoms with Gasteiger partial charge in [-0.15, -0.1) is 5.54 Å². The van der Waals surface area contributed by atoms with Gasteiger partial charge >= 0.3 is 6.09 Å². The summed E-state index contributed by atoms with van der Waals surface area (Å²) in [6, 6.07) is 3.63. The van der Waals surface area contributed by atoms with E-state index < -0.39 is 19.8 Å². The first kappa shape index (κ1) is 16.4. The average Bonchev–Trinajstić information content (AvgIpc) is 2.68. The fourth-order valence-electron chi connectivity index (χ4n) is 1.26. The molecule has 0 fully saturated rings. The zero-order valence-electron chi connectivity index (χ0n) is 13.1. The van der Waals surface area contributed by atoms with E-state index in [1.54, 1.807) is 0 Å². The molecule has 0 atom stereocenters. The minimum absolute atomic E-state index is 0.295. The standard InChI is InChI=1S/C15H23NO3Si/c1-15(2,3)19-14(17)16-11-13-8-7-12(18-13)9-10-20(4,5)6/h7-8H,11H2,1-6H3,(H,16,17). The molecule has 5 heteroatoms. The van der Waals surface area contributed by atoms with Crippen LogP contribution in [0.3, 0.4) is 0 Å². The van der Waals surface area contributed by atoms with Crippen molar-refractivity contribution in [3.8, 4) is 11.5 Å². The molecule has 1 aromatic heterocycles. The van der Waals surface area contributed by atoms with Crippen molar-refractivity contribution in [1.82, 2.24) is 5.32 Å². The Bertz CT molecular complexity index is 524. The van der Waals surface area contributed by atoms with Crippen LogP contribution in [0.2, 0.25) is 19.6 Å². The topological polar surface area (TPSA) is 51.5 Å². The van der Waals surface area contributed by atoms with Gasteiger partial charge in [-0.2, -0.15) is 0 Å². The second-order valence-corrected chi connectivity index (χ2v) is 11.4. The first-order valence-corrected chi connectivity index (χ1v) is 10.1. The van der Waals surface area contributed by atoms with E-state index in [4.69, 9.17) is 9.15 Å². The molecule has 1 rings (SSSR count). The number of rotatable bonds is 2. The van der Waals surface area contributed by atoms with Crippen molar-refractivity contribution in [2.75, 3.05) is 0 Å². The van der Waals surface area contributed by atoms with E-state index in [-0.39, 0.29) is 0 Å². The molecule has 0 bridgehead atoms. The molecule has 0 aromatic carbocycles. The number of hydrogen-bond acceptors (Lipinski definition) is 3. The molecular formula is C15H23NO3Si. The Hall–Kier alpha value is -1.67. The van der Waals surface area contributed by atoms with E-state index in [1.807, 2.05) is 32.9 Å². The van der Waals surface area contributed by atoms with Gasteiger partial charge in [0.15, 0.2) is 5.76 Å². The molecule has 1 N–H and O–H groups in total. The lowest BCUT2D eigenvalue weighted by Gasteiger charge is -2.19. The predicted octanol–water partition coefficient (Wildman–Crippen LogP) is 3.53. The van der Waals surface area contributed by atoms with Crippen molar-refractivity contribution in [1.29, 1.82) is 0 Å². The van der Waals surface area contributed by atoms with Crippen LogP contribution in [0.1, 0.15) is 32.3 Å². The lowest BCUT2D eigenvalue weighted by molar-refractivity contribution is 0.0520. The molecule has 4 nitrogen and oxygen atoms in total. The van der Waals surface area contributed by atoms with Crippen LogP contribution in [0.5, 0.6) is 0 Å². The van der Waals surface area contributed by atoms with Crippen LogP contribution < -0.4 is 5.32 Å². The summed E-state index contributed by atoms with van der Waals surface area (Å²) in [5.74, 6) is 4.33. The van der Waals surface area contributed by atoms with Crippen molar-refractivity contribution in [2.24, 2.45) is 0 Å². The SMILES string of the molecule is CC(C)(C)OC(=O)NCc1ccc(C#C[Si](C)(C)C)o1. The number of carbonyl (C=O) groups is 1. The van der Waals surface area contributed by atoms with Crippen molar-refractivity contribution >= 4 is 14.2 Å². The number of amides is 1. The molecule has 110 valence electrons. The van der Waals surface area contributed by atoms with E-state index in [0.717, 1.165) is 0 Å². The van der Waals surface area contributed by atoms with Crippen molar-refractivity contribution in [2.45, 2.75) is 52.6 Å². The van der Waals surface area contributed by atoms with Gasteiger partial charge in [-0.1, -0.05) is 19.6 Å². The highest BCUT2D eigenvalue weighted by Crippen LogP contribution is 2.09. The summed E-state index contributed by atoms with van der Waals surface area (Å²) in [4.78, 5) is 11.5. The van der Waals surface area contributed by atoms with Gasteiger partial charge in [0.2, 0.25) is 0 Å². The molecule has 0 aliphatic heterocycles. The number of ether oxygens (including phenoxy) is 1. The molecule has 0 saturated carbocycles. The lowest BCUT2D eigenvalue weighted by Crippen LogP contribution is -2.32. The number of hydrogen-bond donors (Lipinski definition) is 1. The van der Waals surface area contributed by atoms with Crippen molar-refractivity contribution in [3.63, 3.8) is 0 Å². The van der Waals surface area contributed by atoms with Gasteiger partial charge in [-0.25, -0.2) is 4.79 Å². The highest BCUT2D eigenvalue weighted by molar-refractivity contribution is 6.83. The van der Waals surface area contributed by atoms with Gasteiger partial charge in [-0.05, 0) is 38.8 Å². The minimum atomic E-state index is -1.40. The highest BCUT2D eigenvalue weighted by Gasteiger charge is 2.16. The minimum Gasteiger partial charge on any atom is -0.451 e. The van der Waals surface area contributed by atoms with Crippen LogP contribution in [0, 0.1) is 11.5 Å². The summed E-state index contributed by atoms with van der Waals surface area (Å²) < 4.78 is 10.7. The van der Waals surface area contributed by atoms with E-state index in [0.29, 0.717) is 18.1 Å². The molecule has 20 heavy (non-hydrogen) atoms. The van der Waals surface area contributed by atoms with Crippen molar-refractivity contribution in [3.05, 3.63) is 23.7 Å². The Kier molecular flexibility index (Phi) is 5.07. The summed E-state index contributed by atoms with van der Waals surface area (Å²) in [6.07, 6.45) is -0.455. The molecule has 0 aliphatic carbocycles. The summed E-state index contributed by atoms with van der Waals surface area (Å²) in [6.45, 7) is 12.3. The molecular weight excluding hydrogens is 270 g/mol. The van der Waals surface area contributed by atoms with E-state index in [2.05, 4.69) is 36.4 Å². The molecule has 1 amide bonds. The Labute approximate surface area is 121 Å². The van der Waals surface area contributed by atoms with E-state index in [1.165, 1.54) is 0 Å². The Morgan fingerprint density at radius 2 is 2.00 bits per heavy atom. The summed E-state index contributed by atoms with van der Waals surface area (Å²) in [7, 11) is -1.40. The highest BCUT2D eigenvalue weighted by atomic mass is 28.3. The quantitative estimate of drug-likeness (QED) is 0.670. The third-order valence-electron chi connectivity index (χ3n) is 2.03. The average molecular weight is 293 g/mol. The molecule has 0 spiro atoms. The maximum absolute atomic E-state index is 11.5. The van der Waals surface area contributed by atoms with Gasteiger partial charge in [0.1, 0.15) is 19.4 Å². The molecule has 1 heterocycles. The van der Waals surface area contributed by atoms with Crippen molar-refractivity contribution < 1.29 is 13.9 Å². The summed E-state index contributed by atoms with van der Waals surface area (Å²) in [5.41, 5.74) is 2.73. The normalized spacial score (nSPS) is 11.5. The molecule has 0 saturated heterocycles. The van der Waals surface area contributed by atoms with Crippen LogP contribution >= 0.6 is 0 Å². The number of furan rings is 1. The molecule has 0 radical (unpaired) electrons. The lowest BCUT2D eigenvalue weighted by atomic mass is 10.2. The van der Waals surface area contributed by atoms with Gasteiger partial charge < -0.3 is 14.5 Å². The third kappa shape index (κ3) is 7.05. The van der Waals surface area contributed by atoms with Crippen LogP contribution in [0.25, 0.3) is 0 Å². The largest absolute Gasteiger partial charge is 0.451 e. The summed E-state index contributed by atoms with van der Waals surface area (Å²) in [5, 5.41) is 2.65. The molecule has 0 unspecified atom stereocenters. The zero-order valence-corrected chi connectivity index (χ0v) is 14.1. The second kappa shape index (κ2) is 6.19. The maximum Gasteiger partial charge on any atom is 0.408 e. The van der Waals surface area contributed by atoms with E-state index in [9.17, 15) is 4.79 Å². The fourth-order valence-corrected chi connectivity index (χ4v) is 1.76. The van der Waals surface area contributed by atoms with Gasteiger partial charge in [-0.3, -0.25) is 0 Å². The number of carbonyl (C=O) groups excluding carboxylic acids is 1. The Balaban J connectivity index is 2.53. The van der Waals surface area contributed by atoms with Gasteiger partial charge in [0.05, 0.1) is 6.54 Å². The van der Waals surface area contributed by atoms with Gasteiger partial charge in [0, 0.05) is 0 Å². The molecule has 1 aromatic rings. The molecule has 0 aliphatic rings. The third-order valence-corrected chi connectivity index (χ3v) is 2.90. The van der Waals surface area contributed by atoms with Crippen LogP contribution in [0.4, 0.5) is 4.79 Å². The first-order chi connectivity index (χ1) is 9.05.